The van der Waals surface area contributed by atoms with Crippen LogP contribution < -0.4 is 26.4 Å². The lowest BCUT2D eigenvalue weighted by molar-refractivity contribution is -0.147. The van der Waals surface area contributed by atoms with Crippen LogP contribution in [0.15, 0.2) is 53.8 Å². The van der Waals surface area contributed by atoms with Crippen molar-refractivity contribution in [3.63, 3.8) is 0 Å². The van der Waals surface area contributed by atoms with Gasteiger partial charge in [-0.05, 0) is 74.1 Å². The molecule has 1 saturated carbocycles. The predicted molar refractivity (Wildman–Crippen MR) is 214 cm³/mol. The number of Topliss-reactive ketones (excluding diaryl/α,β-unsaturated/α-hetero) is 2. The lowest BCUT2D eigenvalue weighted by atomic mass is 9.77. The van der Waals surface area contributed by atoms with Crippen LogP contribution >= 0.6 is 0 Å². The van der Waals surface area contributed by atoms with Gasteiger partial charge in [0.05, 0.1) is 36.0 Å². The maximum atomic E-state index is 14.0. The molecule has 5 fully saturated rings. The summed E-state index contributed by atoms with van der Waals surface area (Å²) in [6.07, 6.45) is 12.2. The van der Waals surface area contributed by atoms with E-state index in [4.69, 9.17) is 10.7 Å². The number of aryl methyl sites for hydroxylation is 1. The van der Waals surface area contributed by atoms with Crippen LogP contribution in [0.25, 0.3) is 10.8 Å². The van der Waals surface area contributed by atoms with Crippen molar-refractivity contribution in [2.45, 2.75) is 63.5 Å². The number of nitrogens with two attached hydrogens (primary N) is 1. The van der Waals surface area contributed by atoms with Gasteiger partial charge in [0.15, 0.2) is 17.3 Å². The fraction of sp³-hybridized carbons (Fsp3) is 0.512. The minimum atomic E-state index is -0.668. The number of anilines is 4. The molecular formula is C41H49N11O5. The van der Waals surface area contributed by atoms with Crippen molar-refractivity contribution < 1.29 is 19.2 Å². The maximum Gasteiger partial charge on any atom is 0.271 e. The fourth-order valence-corrected chi connectivity index (χ4v) is 9.85. The number of pyridine rings is 1. The van der Waals surface area contributed by atoms with E-state index in [-0.39, 0.29) is 52.4 Å². The second kappa shape index (κ2) is 14.7. The summed E-state index contributed by atoms with van der Waals surface area (Å²) in [6.45, 7) is 6.68. The molecule has 0 radical (unpaired) electrons. The van der Waals surface area contributed by atoms with E-state index in [0.717, 1.165) is 89.0 Å². The molecule has 3 N–H and O–H groups in total. The van der Waals surface area contributed by atoms with Crippen molar-refractivity contribution >= 4 is 57.2 Å². The van der Waals surface area contributed by atoms with E-state index in [1.165, 1.54) is 4.57 Å². The second-order valence-corrected chi connectivity index (χ2v) is 16.7. The van der Waals surface area contributed by atoms with E-state index in [9.17, 15) is 24.0 Å². The molecule has 298 valence electrons. The molecule has 57 heavy (non-hydrogen) atoms. The highest BCUT2D eigenvalue weighted by molar-refractivity contribution is 6.03. The number of primary amides is 1. The lowest BCUT2D eigenvalue weighted by Crippen LogP contribution is -2.62. The minimum Gasteiger partial charge on any atom is -0.371 e. The smallest absolute Gasteiger partial charge is 0.271 e. The SMILES string of the molecule is Cn1cc(Nc2nc(N3CCC[C@@H](N4CCC5(CN(CC6CCN(c7ccc8c(=O)n(C9CCC(=O)CC9=O)ccc8c7)CC6)C5)C4=O)C3)cnc2C(N)=O)cn1. The number of piperidine rings is 2. The number of benzene rings is 1. The van der Waals surface area contributed by atoms with Crippen molar-refractivity contribution in [3.05, 3.63) is 65.1 Å². The Kier molecular flexibility index (Phi) is 9.53. The van der Waals surface area contributed by atoms with Gasteiger partial charge in [-0.25, -0.2) is 9.97 Å². The zero-order valence-electron chi connectivity index (χ0n) is 32.3. The quantitative estimate of drug-likeness (QED) is 0.238. The van der Waals surface area contributed by atoms with Gasteiger partial charge < -0.3 is 35.2 Å². The number of carbonyl (C=O) groups excluding carboxylic acids is 4. The first kappa shape index (κ1) is 37.0. The first-order chi connectivity index (χ1) is 27.5. The number of carbonyl (C=O) groups is 4. The van der Waals surface area contributed by atoms with E-state index >= 15 is 0 Å². The number of nitrogens with zero attached hydrogens (tertiary/aromatic N) is 9. The molecular weight excluding hydrogens is 727 g/mol. The van der Waals surface area contributed by atoms with Crippen molar-refractivity contribution in [1.29, 1.82) is 0 Å². The summed E-state index contributed by atoms with van der Waals surface area (Å²) in [5.74, 6) is 0.850. The summed E-state index contributed by atoms with van der Waals surface area (Å²) in [7, 11) is 1.80. The molecule has 7 heterocycles. The molecule has 16 nitrogen and oxygen atoms in total. The zero-order valence-corrected chi connectivity index (χ0v) is 32.3. The van der Waals surface area contributed by atoms with Gasteiger partial charge in [0.25, 0.3) is 11.5 Å². The van der Waals surface area contributed by atoms with E-state index in [0.29, 0.717) is 42.2 Å². The van der Waals surface area contributed by atoms with E-state index < -0.39 is 11.9 Å². The van der Waals surface area contributed by atoms with Crippen LogP contribution in [0.5, 0.6) is 0 Å². The van der Waals surface area contributed by atoms with Gasteiger partial charge in [0.1, 0.15) is 11.6 Å². The Bertz CT molecular complexity index is 2310. The van der Waals surface area contributed by atoms with Gasteiger partial charge in [0.2, 0.25) is 5.91 Å². The van der Waals surface area contributed by atoms with Gasteiger partial charge in [-0.1, -0.05) is 0 Å². The summed E-state index contributed by atoms with van der Waals surface area (Å²) >= 11 is 0. The minimum absolute atomic E-state index is 0.0536. The van der Waals surface area contributed by atoms with Crippen molar-refractivity contribution in [1.82, 2.24) is 34.1 Å². The third-order valence-corrected chi connectivity index (χ3v) is 12.9. The summed E-state index contributed by atoms with van der Waals surface area (Å²) in [6, 6.07) is 7.37. The fourth-order valence-electron chi connectivity index (χ4n) is 9.85. The van der Waals surface area contributed by atoms with Gasteiger partial charge in [-0.15, -0.1) is 0 Å². The molecule has 1 unspecified atom stereocenters. The van der Waals surface area contributed by atoms with Gasteiger partial charge in [0, 0.05) is 95.3 Å². The molecule has 5 aliphatic rings. The average Bonchev–Trinajstić information content (AvgIpc) is 3.77. The predicted octanol–water partition coefficient (Wildman–Crippen LogP) is 2.65. The van der Waals surface area contributed by atoms with Crippen LogP contribution in [0.4, 0.5) is 23.0 Å². The molecule has 2 amide bonds. The molecule has 1 aromatic carbocycles. The topological polar surface area (TPSA) is 185 Å². The Morgan fingerprint density at radius 2 is 1.81 bits per heavy atom. The number of fused-ring (bicyclic) bond motifs is 1. The average molecular weight is 776 g/mol. The highest BCUT2D eigenvalue weighted by atomic mass is 16.2. The van der Waals surface area contributed by atoms with Gasteiger partial charge in [-0.3, -0.25) is 28.7 Å². The number of hydrogen-bond acceptors (Lipinski definition) is 12. The van der Waals surface area contributed by atoms with Crippen LogP contribution in [0.1, 0.15) is 67.9 Å². The first-order valence-electron chi connectivity index (χ1n) is 20.2. The van der Waals surface area contributed by atoms with Crippen molar-refractivity contribution in [2.75, 3.05) is 67.5 Å². The normalized spacial score (nSPS) is 23.1. The number of aromatic nitrogens is 5. The van der Waals surface area contributed by atoms with E-state index in [1.807, 2.05) is 18.2 Å². The molecule has 0 bridgehead atoms. The number of rotatable bonds is 9. The largest absolute Gasteiger partial charge is 0.371 e. The molecule has 1 aliphatic carbocycles. The standard InChI is InChI=1S/C41H49N11O5/c1-47-22-28(19-44-47)45-38-36(37(42)55)43-20-35(46-38)50-12-2-3-30(23-50)51-16-11-41(40(51)57)24-48(25-41)21-26-8-13-49(14-9-26)29-4-6-32-27(17-29)10-15-52(39(32)56)33-7-5-31(53)18-34(33)54/h4,6,10,15,17,19-20,22,26,30,33H,2-3,5,7-9,11-14,16,18,21,23-25H2,1H3,(H2,42,55)(H,45,46)/t30-,33?/m1/s1. The number of ketones is 2. The molecule has 16 heteroatoms. The Hall–Kier alpha value is -5.64. The summed E-state index contributed by atoms with van der Waals surface area (Å²) in [5.41, 5.74) is 6.96. The van der Waals surface area contributed by atoms with Crippen LogP contribution in [-0.4, -0.2) is 116 Å². The van der Waals surface area contributed by atoms with Crippen molar-refractivity contribution in [2.24, 2.45) is 24.1 Å². The maximum absolute atomic E-state index is 14.0. The lowest BCUT2D eigenvalue weighted by Gasteiger charge is -2.49. The molecule has 2 atom stereocenters. The van der Waals surface area contributed by atoms with Crippen LogP contribution in [0.2, 0.25) is 0 Å². The third kappa shape index (κ3) is 7.04. The molecule has 9 rings (SSSR count). The molecule has 1 spiro atoms. The number of nitrogens with one attached hydrogen (secondary N) is 1. The first-order valence-corrected chi connectivity index (χ1v) is 20.2. The van der Waals surface area contributed by atoms with Crippen LogP contribution in [0, 0.1) is 11.3 Å². The van der Waals surface area contributed by atoms with Gasteiger partial charge in [-0.2, -0.15) is 5.10 Å². The third-order valence-electron chi connectivity index (χ3n) is 12.9. The molecule has 4 aliphatic heterocycles. The monoisotopic (exact) mass is 775 g/mol. The number of hydrogen-bond donors (Lipinski definition) is 2. The Balaban J connectivity index is 0.773. The number of amides is 2. The van der Waals surface area contributed by atoms with E-state index in [1.54, 1.807) is 36.5 Å². The van der Waals surface area contributed by atoms with Crippen molar-refractivity contribution in [3.8, 4) is 0 Å². The van der Waals surface area contributed by atoms with Crippen LogP contribution in [-0.2, 0) is 21.4 Å². The summed E-state index contributed by atoms with van der Waals surface area (Å²) < 4.78 is 3.16. The second-order valence-electron chi connectivity index (χ2n) is 16.7. The summed E-state index contributed by atoms with van der Waals surface area (Å²) in [5, 5.41) is 8.75. The Labute approximate surface area is 330 Å². The molecule has 4 aromatic rings. The highest BCUT2D eigenvalue weighted by Gasteiger charge is 2.56. The molecule has 4 saturated heterocycles. The Morgan fingerprint density at radius 3 is 2.56 bits per heavy atom. The van der Waals surface area contributed by atoms with E-state index in [2.05, 4.69) is 41.1 Å². The number of likely N-dealkylation sites (tertiary alicyclic amines) is 2. The Morgan fingerprint density at radius 1 is 0.982 bits per heavy atom. The summed E-state index contributed by atoms with van der Waals surface area (Å²) in [4.78, 5) is 82.0. The van der Waals surface area contributed by atoms with Crippen LogP contribution in [0.3, 0.4) is 0 Å². The van der Waals surface area contributed by atoms with Gasteiger partial charge >= 0.3 is 0 Å². The highest BCUT2D eigenvalue weighted by Crippen LogP contribution is 2.43. The zero-order chi connectivity index (χ0) is 39.4. The molecule has 3 aromatic heterocycles.